The van der Waals surface area contributed by atoms with Crippen LogP contribution in [0.25, 0.3) is 22.6 Å². The topological polar surface area (TPSA) is 285 Å². The highest BCUT2D eigenvalue weighted by molar-refractivity contribution is 7.98. The van der Waals surface area contributed by atoms with Crippen LogP contribution in [0.4, 0.5) is 5.82 Å². The van der Waals surface area contributed by atoms with Gasteiger partial charge in [0.2, 0.25) is 17.7 Å². The van der Waals surface area contributed by atoms with E-state index in [1.807, 2.05) is 27.7 Å². The average Bonchev–Trinajstić information content (AvgIpc) is 3.73. The molecule has 8 N–H and O–H groups in total. The van der Waals surface area contributed by atoms with E-state index < -0.39 is 60.6 Å². The van der Waals surface area contributed by atoms with Gasteiger partial charge in [0.25, 0.3) is 0 Å². The molecule has 0 bridgehead atoms. The number of hydrogen-bond acceptors (Lipinski definition) is 16. The third-order valence-corrected chi connectivity index (χ3v) is 11.5. The summed E-state index contributed by atoms with van der Waals surface area (Å²) in [7, 11) is 0. The van der Waals surface area contributed by atoms with E-state index in [1.54, 1.807) is 48.5 Å². The number of esters is 2. The van der Waals surface area contributed by atoms with Crippen LogP contribution in [-0.2, 0) is 34.4 Å². The Morgan fingerprint density at radius 3 is 2.30 bits per heavy atom. The highest BCUT2D eigenvalue weighted by atomic mass is 35.5. The summed E-state index contributed by atoms with van der Waals surface area (Å²) in [5, 5.41) is 26.5. The lowest BCUT2D eigenvalue weighted by atomic mass is 9.80. The molecule has 2 aromatic heterocycles. The van der Waals surface area contributed by atoms with Crippen LogP contribution in [0.15, 0.2) is 64.2 Å². The molecule has 3 heterocycles. The normalized spacial score (nSPS) is 17.5. The number of nitrogens with one attached hydrogen (secondary N) is 2. The van der Waals surface area contributed by atoms with Crippen molar-refractivity contribution in [2.45, 2.75) is 88.5 Å². The first-order chi connectivity index (χ1) is 30.0. The van der Waals surface area contributed by atoms with Crippen molar-refractivity contribution in [3.63, 3.8) is 0 Å². The second-order valence-electron chi connectivity index (χ2n) is 15.8. The summed E-state index contributed by atoms with van der Waals surface area (Å²) in [5.41, 5.74) is 20.5. The van der Waals surface area contributed by atoms with Crippen molar-refractivity contribution < 1.29 is 37.8 Å². The molecule has 1 unspecified atom stereocenters. The summed E-state index contributed by atoms with van der Waals surface area (Å²) >= 11 is 7.20. The summed E-state index contributed by atoms with van der Waals surface area (Å²) in [6.45, 7) is 8.34. The van der Waals surface area contributed by atoms with Crippen molar-refractivity contribution in [3.05, 3.63) is 76.6 Å². The molecule has 1 aliphatic rings. The predicted octanol–water partition coefficient (Wildman–Crippen LogP) is 4.87. The fourth-order valence-electron chi connectivity index (χ4n) is 6.78. The van der Waals surface area contributed by atoms with Crippen LogP contribution in [0.1, 0.15) is 64.3 Å². The Kier molecular flexibility index (Phi) is 16.5. The van der Waals surface area contributed by atoms with Crippen molar-refractivity contribution in [2.75, 3.05) is 18.9 Å². The molecule has 1 saturated heterocycles. The number of amides is 2. The van der Waals surface area contributed by atoms with E-state index in [-0.39, 0.29) is 64.1 Å². The molecule has 4 aromatic rings. The SMILES string of the molecule is CC(C)C[C@H](N)C(=O)N[C@@H](C)C(=O)OC[C@H](COc1ccc(-c2c(C#N)c(N)nc(SCc3coc(-c4ccc(Cl)cc4)n3)c2C#N)cc1)OC(=O)[C@@H]1CC(C(C)C)[C@H](N)C(=O)N1. The van der Waals surface area contributed by atoms with Gasteiger partial charge in [-0.1, -0.05) is 63.2 Å². The molecule has 1 aliphatic heterocycles. The van der Waals surface area contributed by atoms with E-state index in [9.17, 15) is 29.7 Å². The monoisotopic (exact) mass is 899 g/mol. The number of rotatable bonds is 18. The lowest BCUT2D eigenvalue weighted by Crippen LogP contribution is -2.59. The second-order valence-corrected chi connectivity index (χ2v) is 17.2. The first kappa shape index (κ1) is 47.9. The lowest BCUT2D eigenvalue weighted by molar-refractivity contribution is -0.165. The van der Waals surface area contributed by atoms with E-state index in [4.69, 9.17) is 47.4 Å². The Morgan fingerprint density at radius 1 is 1.00 bits per heavy atom. The van der Waals surface area contributed by atoms with Gasteiger partial charge in [-0.2, -0.15) is 10.5 Å². The summed E-state index contributed by atoms with van der Waals surface area (Å²) in [6, 6.07) is 14.0. The van der Waals surface area contributed by atoms with Crippen molar-refractivity contribution >= 4 is 52.9 Å². The molecule has 0 saturated carbocycles. The zero-order chi connectivity index (χ0) is 46.0. The number of oxazole rings is 1. The molecule has 0 spiro atoms. The minimum Gasteiger partial charge on any atom is -0.490 e. The maximum absolute atomic E-state index is 13.5. The molecule has 1 fully saturated rings. The van der Waals surface area contributed by atoms with Crippen LogP contribution in [0.3, 0.4) is 0 Å². The van der Waals surface area contributed by atoms with Gasteiger partial charge in [0.15, 0.2) is 6.10 Å². The number of nitriles is 2. The number of pyridine rings is 1. The van der Waals surface area contributed by atoms with Gasteiger partial charge in [0, 0.05) is 21.9 Å². The Labute approximate surface area is 374 Å². The number of piperidine rings is 1. The minimum absolute atomic E-state index is 0.00594. The van der Waals surface area contributed by atoms with Gasteiger partial charge < -0.3 is 46.5 Å². The van der Waals surface area contributed by atoms with Crippen LogP contribution < -0.4 is 32.6 Å². The number of nitrogen functional groups attached to an aromatic ring is 1. The smallest absolute Gasteiger partial charge is 0.329 e. The first-order valence-corrected chi connectivity index (χ1v) is 21.5. The number of aromatic nitrogens is 2. The molecule has 5 rings (SSSR count). The van der Waals surface area contributed by atoms with Crippen LogP contribution in [-0.4, -0.2) is 77.2 Å². The average molecular weight is 900 g/mol. The number of anilines is 1. The standard InChI is InChI=1S/C44H50ClN9O8S/c1-22(2)14-34(48)39(55)51-24(5)43(57)61-20-30(62-44(58)35-15-31(23(3)4)37(49)40(56)53-35)19-59-29-12-8-25(9-13-29)36-32(16-46)38(50)54-42(33(36)17-47)63-21-28-18-60-41(52-28)26-6-10-27(45)11-7-26/h6-13,18,22-24,30-31,34-35,37H,14-15,19-21,48-49H2,1-5H3,(H2,50,54)(H,51,55)(H,53,56)/t24-,30-,31?,34-,35-,37-/m0/s1. The number of hydrogen-bond donors (Lipinski definition) is 5. The summed E-state index contributed by atoms with van der Waals surface area (Å²) in [6.07, 6.45) is 0.985. The van der Waals surface area contributed by atoms with Crippen molar-refractivity contribution in [1.82, 2.24) is 20.6 Å². The van der Waals surface area contributed by atoms with E-state index >= 15 is 0 Å². The summed E-state index contributed by atoms with van der Waals surface area (Å²) < 4.78 is 22.9. The molecular formula is C44H50ClN9O8S. The van der Waals surface area contributed by atoms with E-state index in [0.29, 0.717) is 34.3 Å². The van der Waals surface area contributed by atoms with Crippen LogP contribution in [0.2, 0.25) is 5.02 Å². The molecule has 63 heavy (non-hydrogen) atoms. The van der Waals surface area contributed by atoms with Gasteiger partial charge in [-0.05, 0) is 79.5 Å². The highest BCUT2D eigenvalue weighted by Crippen LogP contribution is 2.37. The Balaban J connectivity index is 1.31. The number of ether oxygens (including phenoxy) is 3. The van der Waals surface area contributed by atoms with Crippen molar-refractivity contribution in [3.8, 4) is 40.5 Å². The minimum atomic E-state index is -1.17. The number of nitrogens with two attached hydrogens (primary N) is 3. The van der Waals surface area contributed by atoms with Crippen LogP contribution in [0.5, 0.6) is 5.75 Å². The van der Waals surface area contributed by atoms with E-state index in [0.717, 1.165) is 5.56 Å². The fourth-order valence-corrected chi connectivity index (χ4v) is 7.78. The fraction of sp³-hybridized carbons (Fsp3) is 0.409. The third-order valence-electron chi connectivity index (χ3n) is 10.2. The van der Waals surface area contributed by atoms with Gasteiger partial charge in [0.1, 0.15) is 65.9 Å². The quantitative estimate of drug-likeness (QED) is 0.0657. The number of nitrogens with zero attached hydrogens (tertiary/aromatic N) is 4. The number of halogens is 1. The molecule has 332 valence electrons. The number of carbonyl (C=O) groups is 4. The van der Waals surface area contributed by atoms with Gasteiger partial charge in [-0.3, -0.25) is 9.59 Å². The van der Waals surface area contributed by atoms with Gasteiger partial charge in [-0.25, -0.2) is 19.6 Å². The zero-order valence-electron chi connectivity index (χ0n) is 35.4. The number of benzene rings is 2. The van der Waals surface area contributed by atoms with Crippen LogP contribution in [0, 0.1) is 40.4 Å². The first-order valence-electron chi connectivity index (χ1n) is 20.2. The van der Waals surface area contributed by atoms with Gasteiger partial charge in [-0.15, -0.1) is 0 Å². The molecular weight excluding hydrogens is 850 g/mol. The molecule has 17 nitrogen and oxygen atoms in total. The Hall–Kier alpha value is -6.18. The molecule has 2 aromatic carbocycles. The number of thioether (sulfide) groups is 1. The molecule has 0 radical (unpaired) electrons. The summed E-state index contributed by atoms with van der Waals surface area (Å²) in [5.74, 6) is -1.82. The second kappa shape index (κ2) is 21.8. The third kappa shape index (κ3) is 12.5. The van der Waals surface area contributed by atoms with Crippen molar-refractivity contribution in [1.29, 1.82) is 10.5 Å². The lowest BCUT2D eigenvalue weighted by Gasteiger charge is -2.35. The number of carbonyl (C=O) groups excluding carboxylic acids is 4. The van der Waals surface area contributed by atoms with E-state index in [2.05, 4.69) is 32.7 Å². The molecule has 2 amide bonds. The van der Waals surface area contributed by atoms with E-state index in [1.165, 1.54) is 24.9 Å². The molecule has 19 heteroatoms. The van der Waals surface area contributed by atoms with Crippen LogP contribution >= 0.6 is 23.4 Å². The Bertz CT molecular complexity index is 2360. The largest absolute Gasteiger partial charge is 0.490 e. The maximum Gasteiger partial charge on any atom is 0.329 e. The van der Waals surface area contributed by atoms with Gasteiger partial charge >= 0.3 is 11.9 Å². The predicted molar refractivity (Wildman–Crippen MR) is 234 cm³/mol. The molecule has 0 aliphatic carbocycles. The zero-order valence-corrected chi connectivity index (χ0v) is 37.0. The maximum atomic E-state index is 13.5. The summed E-state index contributed by atoms with van der Waals surface area (Å²) in [4.78, 5) is 60.6. The highest BCUT2D eigenvalue weighted by Gasteiger charge is 2.40. The van der Waals surface area contributed by atoms with Gasteiger partial charge in [0.05, 0.1) is 23.3 Å². The molecule has 6 atom stereocenters. The van der Waals surface area contributed by atoms with Crippen molar-refractivity contribution in [2.24, 2.45) is 29.2 Å². The Morgan fingerprint density at radius 2 is 1.67 bits per heavy atom.